The normalized spacial score (nSPS) is 21.6. The first-order valence-corrected chi connectivity index (χ1v) is 6.19. The molecule has 0 bridgehead atoms. The molecular weight excluding hydrogens is 249 g/mol. The Kier molecular flexibility index (Phi) is 4.34. The van der Waals surface area contributed by atoms with Crippen molar-refractivity contribution in [3.63, 3.8) is 0 Å². The number of oxime groups is 1. The number of hydrogen-bond donors (Lipinski definition) is 2. The van der Waals surface area contributed by atoms with Gasteiger partial charge in [-0.25, -0.2) is 4.39 Å². The molecule has 19 heavy (non-hydrogen) atoms. The number of halogens is 1. The van der Waals surface area contributed by atoms with E-state index in [0.29, 0.717) is 31.4 Å². The minimum absolute atomic E-state index is 0.0872. The minimum atomic E-state index is -0.389. The highest BCUT2D eigenvalue weighted by molar-refractivity contribution is 5.97. The summed E-state index contributed by atoms with van der Waals surface area (Å²) in [6.45, 7) is 4.88. The van der Waals surface area contributed by atoms with E-state index < -0.39 is 0 Å². The van der Waals surface area contributed by atoms with Crippen molar-refractivity contribution in [2.75, 3.05) is 19.8 Å². The Bertz CT molecular complexity index is 479. The van der Waals surface area contributed by atoms with E-state index in [1.54, 1.807) is 6.07 Å². The minimum Gasteiger partial charge on any atom is -0.409 e. The Balaban J connectivity index is 2.17. The van der Waals surface area contributed by atoms with Crippen LogP contribution >= 0.6 is 0 Å². The Morgan fingerprint density at radius 1 is 1.58 bits per heavy atom. The van der Waals surface area contributed by atoms with Gasteiger partial charge in [0.25, 0.3) is 0 Å². The zero-order chi connectivity index (χ0) is 13.8. The van der Waals surface area contributed by atoms with Gasteiger partial charge in [0.2, 0.25) is 0 Å². The molecule has 6 heteroatoms. The molecule has 1 aromatic carbocycles. The molecule has 0 spiro atoms. The van der Waals surface area contributed by atoms with Crippen LogP contribution in [-0.4, -0.2) is 41.7 Å². The molecule has 0 amide bonds. The van der Waals surface area contributed by atoms with E-state index in [1.165, 1.54) is 12.1 Å². The number of benzene rings is 1. The second-order valence-corrected chi connectivity index (χ2v) is 4.73. The predicted molar refractivity (Wildman–Crippen MR) is 69.6 cm³/mol. The maximum absolute atomic E-state index is 13.5. The fourth-order valence-corrected chi connectivity index (χ4v) is 2.18. The molecule has 0 aliphatic carbocycles. The highest BCUT2D eigenvalue weighted by Crippen LogP contribution is 2.15. The number of nitrogens with zero attached hydrogens (tertiary/aromatic N) is 2. The first-order valence-electron chi connectivity index (χ1n) is 6.19. The van der Waals surface area contributed by atoms with E-state index in [9.17, 15) is 4.39 Å². The molecule has 0 radical (unpaired) electrons. The summed E-state index contributed by atoms with van der Waals surface area (Å²) in [6.07, 6.45) is 0. The highest BCUT2D eigenvalue weighted by Gasteiger charge is 2.19. The lowest BCUT2D eigenvalue weighted by molar-refractivity contribution is -0.00440. The number of morpholine rings is 1. The lowest BCUT2D eigenvalue weighted by Crippen LogP contribution is -2.42. The maximum Gasteiger partial charge on any atom is 0.170 e. The molecule has 1 aliphatic heterocycles. The second-order valence-electron chi connectivity index (χ2n) is 4.73. The van der Waals surface area contributed by atoms with Crippen molar-refractivity contribution < 1.29 is 14.3 Å². The number of rotatable bonds is 3. The molecule has 0 saturated carbocycles. The van der Waals surface area contributed by atoms with Crippen LogP contribution in [0.25, 0.3) is 0 Å². The SMILES string of the molecule is CC1COCCN1Cc1cc(F)cc(/C(N)=N/O)c1. The third-order valence-electron chi connectivity index (χ3n) is 3.25. The Morgan fingerprint density at radius 3 is 3.05 bits per heavy atom. The lowest BCUT2D eigenvalue weighted by Gasteiger charge is -2.33. The van der Waals surface area contributed by atoms with Gasteiger partial charge in [0.15, 0.2) is 5.84 Å². The summed E-state index contributed by atoms with van der Waals surface area (Å²) in [4.78, 5) is 2.22. The van der Waals surface area contributed by atoms with Crippen LogP contribution in [0, 0.1) is 5.82 Å². The number of hydrogen-bond acceptors (Lipinski definition) is 4. The summed E-state index contributed by atoms with van der Waals surface area (Å²) in [5, 5.41) is 11.5. The molecule has 2 rings (SSSR count). The fourth-order valence-electron chi connectivity index (χ4n) is 2.18. The van der Waals surface area contributed by atoms with Crippen molar-refractivity contribution in [3.8, 4) is 0 Å². The fraction of sp³-hybridized carbons (Fsp3) is 0.462. The van der Waals surface area contributed by atoms with Gasteiger partial charge in [-0.3, -0.25) is 4.90 Å². The molecule has 1 aliphatic rings. The Morgan fingerprint density at radius 2 is 2.37 bits per heavy atom. The zero-order valence-corrected chi connectivity index (χ0v) is 10.8. The van der Waals surface area contributed by atoms with Gasteiger partial charge in [-0.2, -0.15) is 0 Å². The third-order valence-corrected chi connectivity index (χ3v) is 3.25. The summed E-state index contributed by atoms with van der Waals surface area (Å²) in [6, 6.07) is 4.75. The summed E-state index contributed by atoms with van der Waals surface area (Å²) in [5.74, 6) is -0.476. The van der Waals surface area contributed by atoms with Crippen molar-refractivity contribution in [1.29, 1.82) is 0 Å². The van der Waals surface area contributed by atoms with Crippen LogP contribution in [0.15, 0.2) is 23.4 Å². The van der Waals surface area contributed by atoms with Gasteiger partial charge in [0.1, 0.15) is 5.82 Å². The van der Waals surface area contributed by atoms with Crippen LogP contribution in [0.5, 0.6) is 0 Å². The van der Waals surface area contributed by atoms with Crippen molar-refractivity contribution in [3.05, 3.63) is 35.1 Å². The van der Waals surface area contributed by atoms with E-state index in [-0.39, 0.29) is 11.7 Å². The molecule has 1 saturated heterocycles. The van der Waals surface area contributed by atoms with Crippen LogP contribution in [-0.2, 0) is 11.3 Å². The molecule has 1 fully saturated rings. The molecule has 3 N–H and O–H groups in total. The number of nitrogens with two attached hydrogens (primary N) is 1. The molecule has 1 aromatic rings. The van der Waals surface area contributed by atoms with E-state index in [4.69, 9.17) is 15.7 Å². The van der Waals surface area contributed by atoms with Crippen molar-refractivity contribution in [1.82, 2.24) is 4.90 Å². The first-order chi connectivity index (χ1) is 9.10. The van der Waals surface area contributed by atoms with Crippen LogP contribution in [0.1, 0.15) is 18.1 Å². The second kappa shape index (κ2) is 5.99. The topological polar surface area (TPSA) is 71.1 Å². The Hall–Kier alpha value is -1.66. The van der Waals surface area contributed by atoms with Crippen LogP contribution in [0.3, 0.4) is 0 Å². The van der Waals surface area contributed by atoms with E-state index in [1.807, 2.05) is 0 Å². The van der Waals surface area contributed by atoms with Gasteiger partial charge in [0, 0.05) is 24.7 Å². The van der Waals surface area contributed by atoms with Crippen molar-refractivity contribution >= 4 is 5.84 Å². The van der Waals surface area contributed by atoms with E-state index >= 15 is 0 Å². The van der Waals surface area contributed by atoms with Gasteiger partial charge >= 0.3 is 0 Å². The van der Waals surface area contributed by atoms with Crippen LogP contribution in [0.2, 0.25) is 0 Å². The predicted octanol–water partition coefficient (Wildman–Crippen LogP) is 1.14. The van der Waals surface area contributed by atoms with Gasteiger partial charge in [-0.1, -0.05) is 5.16 Å². The average Bonchev–Trinajstić information content (AvgIpc) is 2.40. The smallest absolute Gasteiger partial charge is 0.170 e. The molecule has 1 unspecified atom stereocenters. The number of amidine groups is 1. The molecule has 1 atom stereocenters. The average molecular weight is 267 g/mol. The summed E-state index contributed by atoms with van der Waals surface area (Å²) in [7, 11) is 0. The summed E-state index contributed by atoms with van der Waals surface area (Å²) < 4.78 is 18.9. The van der Waals surface area contributed by atoms with Crippen molar-refractivity contribution in [2.45, 2.75) is 19.5 Å². The summed E-state index contributed by atoms with van der Waals surface area (Å²) >= 11 is 0. The number of ether oxygens (including phenoxy) is 1. The standard InChI is InChI=1S/C13H18FN3O2/c1-9-8-19-3-2-17(9)7-10-4-11(13(15)16-18)6-12(14)5-10/h4-6,9,18H,2-3,7-8H2,1H3,(H2,15,16). The molecule has 104 valence electrons. The van der Waals surface area contributed by atoms with Gasteiger partial charge in [-0.15, -0.1) is 0 Å². The van der Waals surface area contributed by atoms with Gasteiger partial charge in [0.05, 0.1) is 13.2 Å². The van der Waals surface area contributed by atoms with E-state index in [0.717, 1.165) is 12.1 Å². The zero-order valence-electron chi connectivity index (χ0n) is 10.8. The molecule has 5 nitrogen and oxygen atoms in total. The molecule has 1 heterocycles. The van der Waals surface area contributed by atoms with Crippen molar-refractivity contribution in [2.24, 2.45) is 10.9 Å². The maximum atomic E-state index is 13.5. The monoisotopic (exact) mass is 267 g/mol. The lowest BCUT2D eigenvalue weighted by atomic mass is 10.1. The third kappa shape index (κ3) is 3.42. The highest BCUT2D eigenvalue weighted by atomic mass is 19.1. The van der Waals surface area contributed by atoms with E-state index in [2.05, 4.69) is 17.0 Å². The molecular formula is C13H18FN3O2. The summed E-state index contributed by atoms with van der Waals surface area (Å²) in [5.41, 5.74) is 6.68. The molecule has 0 aromatic heterocycles. The van der Waals surface area contributed by atoms with Gasteiger partial charge < -0.3 is 15.7 Å². The van der Waals surface area contributed by atoms with Crippen LogP contribution in [0.4, 0.5) is 4.39 Å². The van der Waals surface area contributed by atoms with Gasteiger partial charge in [-0.05, 0) is 30.7 Å². The largest absolute Gasteiger partial charge is 0.409 e. The van der Waals surface area contributed by atoms with Crippen LogP contribution < -0.4 is 5.73 Å². The first kappa shape index (κ1) is 13.8. The quantitative estimate of drug-likeness (QED) is 0.373. The Labute approximate surface area is 111 Å².